The number of hydrogen-bond acceptors (Lipinski definition) is 4. The molecule has 8 aromatic carbocycles. The highest BCUT2D eigenvalue weighted by Crippen LogP contribution is 2.41. The van der Waals surface area contributed by atoms with E-state index in [0.29, 0.717) is 17.5 Å². The van der Waals surface area contributed by atoms with Gasteiger partial charge in [-0.05, 0) is 46.5 Å². The van der Waals surface area contributed by atoms with Gasteiger partial charge in [0, 0.05) is 44.1 Å². The molecule has 0 aliphatic carbocycles. The molecule has 0 fully saturated rings. The molecule has 59 heavy (non-hydrogen) atoms. The van der Waals surface area contributed by atoms with Gasteiger partial charge in [-0.1, -0.05) is 188 Å². The summed E-state index contributed by atoms with van der Waals surface area (Å²) in [6.07, 6.45) is 0. The van der Waals surface area contributed by atoms with Crippen LogP contribution in [0.15, 0.2) is 212 Å². The van der Waals surface area contributed by atoms with Gasteiger partial charge in [0.15, 0.2) is 17.5 Å². The van der Waals surface area contributed by atoms with Crippen LogP contribution >= 0.6 is 0 Å². The first-order valence-electron chi connectivity index (χ1n) is 19.8. The minimum atomic E-state index is 0.628. The summed E-state index contributed by atoms with van der Waals surface area (Å²) >= 11 is 0. The fourth-order valence-corrected chi connectivity index (χ4v) is 8.16. The Morgan fingerprint density at radius 1 is 0.288 bits per heavy atom. The van der Waals surface area contributed by atoms with Crippen LogP contribution in [0, 0.1) is 0 Å². The van der Waals surface area contributed by atoms with E-state index < -0.39 is 0 Å². The van der Waals surface area contributed by atoms with Gasteiger partial charge in [0.1, 0.15) is 0 Å². The van der Waals surface area contributed by atoms with Crippen molar-refractivity contribution < 1.29 is 0 Å². The second-order valence-electron chi connectivity index (χ2n) is 14.7. The molecule has 0 unspecified atom stereocenters. The van der Waals surface area contributed by atoms with Crippen molar-refractivity contribution in [2.24, 2.45) is 0 Å². The number of pyridine rings is 1. The molecule has 0 bridgehead atoms. The van der Waals surface area contributed by atoms with E-state index in [0.717, 1.165) is 72.3 Å². The zero-order valence-electron chi connectivity index (χ0n) is 31.9. The van der Waals surface area contributed by atoms with Crippen molar-refractivity contribution in [2.45, 2.75) is 0 Å². The summed E-state index contributed by atoms with van der Waals surface area (Å²) in [6.45, 7) is 0. The van der Waals surface area contributed by atoms with Crippen LogP contribution in [-0.4, -0.2) is 24.5 Å². The SMILES string of the molecule is c1ccc(-c2ccc(-c3nc(-c4ccccc4)nc(-c4ccc(-c5ccc(-c6nc7ccccc7c7c8ccccc8n(-c8ccccc8)c67)cc5)cc4)n3)cc2)cc1. The molecule has 0 aliphatic heterocycles. The molecule has 3 aromatic heterocycles. The van der Waals surface area contributed by atoms with Crippen molar-refractivity contribution >= 4 is 32.7 Å². The maximum atomic E-state index is 5.34. The highest BCUT2D eigenvalue weighted by atomic mass is 15.0. The van der Waals surface area contributed by atoms with Gasteiger partial charge < -0.3 is 4.57 Å². The molecule has 0 saturated carbocycles. The highest BCUT2D eigenvalue weighted by molar-refractivity contribution is 6.23. The molecule has 5 nitrogen and oxygen atoms in total. The Morgan fingerprint density at radius 3 is 1.24 bits per heavy atom. The molecule has 0 aliphatic rings. The van der Waals surface area contributed by atoms with E-state index in [4.69, 9.17) is 19.9 Å². The van der Waals surface area contributed by atoms with Crippen LogP contribution in [0.1, 0.15) is 0 Å². The van der Waals surface area contributed by atoms with Gasteiger partial charge in [-0.25, -0.2) is 19.9 Å². The van der Waals surface area contributed by atoms with Gasteiger partial charge in [-0.3, -0.25) is 0 Å². The summed E-state index contributed by atoms with van der Waals surface area (Å²) in [7, 11) is 0. The van der Waals surface area contributed by atoms with Crippen molar-refractivity contribution in [3.05, 3.63) is 212 Å². The Hall–Kier alpha value is -8.02. The fraction of sp³-hybridized carbons (Fsp3) is 0. The molecular formula is C54H35N5. The first-order valence-corrected chi connectivity index (χ1v) is 19.8. The van der Waals surface area contributed by atoms with Crippen LogP contribution in [0.3, 0.4) is 0 Å². The molecule has 0 amide bonds. The predicted molar refractivity (Wildman–Crippen MR) is 242 cm³/mol. The summed E-state index contributed by atoms with van der Waals surface area (Å²) < 4.78 is 2.36. The average Bonchev–Trinajstić information content (AvgIpc) is 3.68. The summed E-state index contributed by atoms with van der Waals surface area (Å²) in [4.78, 5) is 20.3. The normalized spacial score (nSPS) is 11.4. The van der Waals surface area contributed by atoms with Crippen molar-refractivity contribution in [3.8, 4) is 73.4 Å². The lowest BCUT2D eigenvalue weighted by molar-refractivity contribution is 1.07. The van der Waals surface area contributed by atoms with E-state index in [1.807, 2.05) is 36.4 Å². The van der Waals surface area contributed by atoms with Crippen LogP contribution in [0.25, 0.3) is 106 Å². The topological polar surface area (TPSA) is 56.5 Å². The molecule has 3 heterocycles. The number of aromatic nitrogens is 5. The lowest BCUT2D eigenvalue weighted by atomic mass is 9.99. The third-order valence-corrected chi connectivity index (χ3v) is 11.1. The van der Waals surface area contributed by atoms with Gasteiger partial charge in [0.2, 0.25) is 0 Å². The highest BCUT2D eigenvalue weighted by Gasteiger charge is 2.21. The molecule has 11 aromatic rings. The Bertz CT molecular complexity index is 3270. The van der Waals surface area contributed by atoms with E-state index in [1.54, 1.807) is 0 Å². The van der Waals surface area contributed by atoms with Crippen LogP contribution < -0.4 is 0 Å². The Morgan fingerprint density at radius 2 is 0.678 bits per heavy atom. The van der Waals surface area contributed by atoms with E-state index in [2.05, 4.69) is 180 Å². The van der Waals surface area contributed by atoms with Gasteiger partial charge in [0.25, 0.3) is 0 Å². The number of benzene rings is 8. The monoisotopic (exact) mass is 753 g/mol. The quantitative estimate of drug-likeness (QED) is 0.163. The minimum Gasteiger partial charge on any atom is -0.307 e. The third kappa shape index (κ3) is 6.22. The average molecular weight is 754 g/mol. The third-order valence-electron chi connectivity index (χ3n) is 11.1. The second kappa shape index (κ2) is 14.5. The molecule has 5 heteroatoms. The smallest absolute Gasteiger partial charge is 0.164 e. The van der Waals surface area contributed by atoms with Gasteiger partial charge in [-0.15, -0.1) is 0 Å². The maximum Gasteiger partial charge on any atom is 0.164 e. The first kappa shape index (κ1) is 34.2. The van der Waals surface area contributed by atoms with E-state index >= 15 is 0 Å². The summed E-state index contributed by atoms with van der Waals surface area (Å²) in [5, 5.41) is 3.58. The second-order valence-corrected chi connectivity index (χ2v) is 14.7. The van der Waals surface area contributed by atoms with Crippen LogP contribution in [0.2, 0.25) is 0 Å². The van der Waals surface area contributed by atoms with Crippen molar-refractivity contribution in [3.63, 3.8) is 0 Å². The van der Waals surface area contributed by atoms with Crippen LogP contribution in [0.4, 0.5) is 0 Å². The Balaban J connectivity index is 0.966. The summed E-state index contributed by atoms with van der Waals surface area (Å²) in [5.74, 6) is 1.90. The van der Waals surface area contributed by atoms with Crippen molar-refractivity contribution in [1.82, 2.24) is 24.5 Å². The molecule has 276 valence electrons. The lowest BCUT2D eigenvalue weighted by Gasteiger charge is -2.13. The fourth-order valence-electron chi connectivity index (χ4n) is 8.16. The molecular weight excluding hydrogens is 719 g/mol. The summed E-state index contributed by atoms with van der Waals surface area (Å²) in [6, 6.07) is 73.9. The maximum absolute atomic E-state index is 5.34. The largest absolute Gasteiger partial charge is 0.307 e. The molecule has 0 radical (unpaired) electrons. The van der Waals surface area contributed by atoms with E-state index in [9.17, 15) is 0 Å². The molecule has 11 rings (SSSR count). The zero-order valence-corrected chi connectivity index (χ0v) is 31.9. The van der Waals surface area contributed by atoms with Gasteiger partial charge in [-0.2, -0.15) is 0 Å². The number of hydrogen-bond donors (Lipinski definition) is 0. The van der Waals surface area contributed by atoms with E-state index in [-0.39, 0.29) is 0 Å². The standard InChI is InChI=1S/C54H35N5/c1-4-14-36(15-5-1)37-26-32-42(33-27-37)53-56-52(41-16-6-2-7-17-41)57-54(58-53)43-34-28-39(29-35-43)38-24-30-40(31-25-38)50-51-49(45-20-10-12-22-47(45)55-50)46-21-11-13-23-48(46)59(51)44-18-8-3-9-19-44/h1-35H. The van der Waals surface area contributed by atoms with Crippen LogP contribution in [-0.2, 0) is 0 Å². The van der Waals surface area contributed by atoms with Crippen molar-refractivity contribution in [2.75, 3.05) is 0 Å². The minimum absolute atomic E-state index is 0.628. The van der Waals surface area contributed by atoms with Gasteiger partial charge in [0.05, 0.1) is 22.2 Å². The molecule has 0 atom stereocenters. The van der Waals surface area contributed by atoms with Crippen molar-refractivity contribution in [1.29, 1.82) is 0 Å². The Labute approximate surface area is 341 Å². The van der Waals surface area contributed by atoms with Gasteiger partial charge >= 0.3 is 0 Å². The first-order chi connectivity index (χ1) is 29.2. The summed E-state index contributed by atoms with van der Waals surface area (Å²) in [5.41, 5.74) is 13.7. The zero-order chi connectivity index (χ0) is 39.1. The number of fused-ring (bicyclic) bond motifs is 5. The molecule has 0 N–H and O–H groups in total. The number of rotatable bonds is 7. The predicted octanol–water partition coefficient (Wildman–Crippen LogP) is 13.5. The number of para-hydroxylation sites is 3. The van der Waals surface area contributed by atoms with Crippen LogP contribution in [0.5, 0.6) is 0 Å². The van der Waals surface area contributed by atoms with E-state index in [1.165, 1.54) is 16.3 Å². The lowest BCUT2D eigenvalue weighted by Crippen LogP contribution is -2.00. The number of nitrogens with zero attached hydrogens (tertiary/aromatic N) is 5. The molecule has 0 spiro atoms. The molecule has 0 saturated heterocycles. The Kier molecular flexibility index (Phi) is 8.41.